The average molecular weight is 374 g/mol. The van der Waals surface area contributed by atoms with Crippen LogP contribution in [-0.2, 0) is 0 Å². The third-order valence-electron chi connectivity index (χ3n) is 4.34. The van der Waals surface area contributed by atoms with Crippen LogP contribution in [0.15, 0.2) is 35.7 Å². The van der Waals surface area contributed by atoms with E-state index in [-0.39, 0.29) is 17.6 Å². The molecule has 1 aromatic heterocycles. The third-order valence-corrected chi connectivity index (χ3v) is 5.32. The van der Waals surface area contributed by atoms with Crippen molar-refractivity contribution < 1.29 is 9.72 Å². The van der Waals surface area contributed by atoms with Gasteiger partial charge in [0, 0.05) is 29.1 Å². The lowest BCUT2D eigenvalue weighted by Gasteiger charge is -2.23. The number of anilines is 1. The van der Waals surface area contributed by atoms with Crippen LogP contribution in [0.5, 0.6) is 0 Å². The first-order valence-corrected chi connectivity index (χ1v) is 9.36. The summed E-state index contributed by atoms with van der Waals surface area (Å²) in [6.07, 6.45) is 2.04. The predicted molar refractivity (Wildman–Crippen MR) is 103 cm³/mol. The molecule has 8 heteroatoms. The second-order valence-corrected chi connectivity index (χ2v) is 7.59. The molecule has 7 nitrogen and oxygen atoms in total. The van der Waals surface area contributed by atoms with Crippen molar-refractivity contribution >= 4 is 28.6 Å². The van der Waals surface area contributed by atoms with Gasteiger partial charge < -0.3 is 15.5 Å². The fraction of sp³-hybridized carbons (Fsp3) is 0.389. The Morgan fingerprint density at radius 1 is 1.38 bits per heavy atom. The highest BCUT2D eigenvalue weighted by molar-refractivity contribution is 7.10. The van der Waals surface area contributed by atoms with Crippen LogP contribution in [0.3, 0.4) is 0 Å². The normalized spacial score (nSPS) is 14.9. The van der Waals surface area contributed by atoms with Crippen molar-refractivity contribution in [1.29, 1.82) is 0 Å². The van der Waals surface area contributed by atoms with Gasteiger partial charge in [-0.15, -0.1) is 11.3 Å². The van der Waals surface area contributed by atoms with Crippen molar-refractivity contribution in [3.05, 3.63) is 56.3 Å². The van der Waals surface area contributed by atoms with Gasteiger partial charge in [-0.05, 0) is 50.5 Å². The quantitative estimate of drug-likeness (QED) is 0.547. The van der Waals surface area contributed by atoms with Gasteiger partial charge in [0.05, 0.1) is 11.0 Å². The number of nitrogens with zero attached hydrogens (tertiary/aromatic N) is 2. The Labute approximate surface area is 156 Å². The number of hydrogen-bond acceptors (Lipinski definition) is 6. The van der Waals surface area contributed by atoms with Gasteiger partial charge in [0.1, 0.15) is 5.69 Å². The van der Waals surface area contributed by atoms with E-state index in [1.165, 1.54) is 6.07 Å². The van der Waals surface area contributed by atoms with E-state index in [1.807, 2.05) is 36.5 Å². The largest absolute Gasteiger partial charge is 0.377 e. The summed E-state index contributed by atoms with van der Waals surface area (Å²) < 4.78 is 0. The van der Waals surface area contributed by atoms with E-state index < -0.39 is 4.92 Å². The highest BCUT2D eigenvalue weighted by Gasteiger charge is 2.26. The van der Waals surface area contributed by atoms with Gasteiger partial charge in [-0.25, -0.2) is 0 Å². The Hall–Kier alpha value is -2.45. The summed E-state index contributed by atoms with van der Waals surface area (Å²) in [5.74, 6) is -0.311. The number of nitro groups is 1. The van der Waals surface area contributed by atoms with Crippen LogP contribution < -0.4 is 10.6 Å². The first-order chi connectivity index (χ1) is 12.5. The van der Waals surface area contributed by atoms with E-state index in [9.17, 15) is 14.9 Å². The minimum atomic E-state index is -0.449. The summed E-state index contributed by atoms with van der Waals surface area (Å²) in [5.41, 5.74) is 0.701. The molecule has 1 atom stereocenters. The molecule has 2 aromatic rings. The summed E-state index contributed by atoms with van der Waals surface area (Å²) >= 11 is 1.64. The lowest BCUT2D eigenvalue weighted by molar-refractivity contribution is -0.384. The van der Waals surface area contributed by atoms with Gasteiger partial charge in [0.15, 0.2) is 0 Å². The maximum absolute atomic E-state index is 12.5. The molecule has 1 amide bonds. The lowest BCUT2D eigenvalue weighted by Crippen LogP contribution is -2.34. The Bertz CT molecular complexity index is 788. The standard InChI is InChI=1S/C18H22N4O3S/c1-21(2)16(17-4-3-9-26-17)11-19-18(23)12-5-8-14(20-13-6-7-13)15(10-12)22(24)25/h3-5,8-10,13,16,20H,6-7,11H2,1-2H3,(H,19,23)/t16-/m1/s1. The third kappa shape index (κ3) is 4.39. The number of carbonyl (C=O) groups is 1. The van der Waals surface area contributed by atoms with Crippen molar-refractivity contribution in [3.63, 3.8) is 0 Å². The predicted octanol–water partition coefficient (Wildman–Crippen LogP) is 3.26. The zero-order chi connectivity index (χ0) is 18.7. The molecule has 1 aliphatic rings. The fourth-order valence-corrected chi connectivity index (χ4v) is 3.63. The van der Waals surface area contributed by atoms with Crippen molar-refractivity contribution in [2.45, 2.75) is 24.9 Å². The number of amides is 1. The number of thiophene rings is 1. The van der Waals surface area contributed by atoms with E-state index in [0.29, 0.717) is 23.8 Å². The molecule has 1 heterocycles. The number of nitrogens with one attached hydrogen (secondary N) is 2. The van der Waals surface area contributed by atoms with Crippen LogP contribution in [0.2, 0.25) is 0 Å². The molecule has 1 aromatic carbocycles. The van der Waals surface area contributed by atoms with Crippen LogP contribution in [0.1, 0.15) is 34.1 Å². The molecule has 1 saturated carbocycles. The minimum absolute atomic E-state index is 0.0599. The van der Waals surface area contributed by atoms with Gasteiger partial charge >= 0.3 is 0 Å². The zero-order valence-electron chi connectivity index (χ0n) is 14.8. The van der Waals surface area contributed by atoms with E-state index in [4.69, 9.17) is 0 Å². The van der Waals surface area contributed by atoms with Crippen molar-refractivity contribution in [2.75, 3.05) is 26.0 Å². The van der Waals surface area contributed by atoms with Gasteiger partial charge in [-0.3, -0.25) is 14.9 Å². The van der Waals surface area contributed by atoms with Gasteiger partial charge in [0.2, 0.25) is 0 Å². The Morgan fingerprint density at radius 3 is 2.73 bits per heavy atom. The van der Waals surface area contributed by atoms with Crippen LogP contribution in [-0.4, -0.2) is 42.4 Å². The number of benzene rings is 1. The molecule has 1 fully saturated rings. The summed E-state index contributed by atoms with van der Waals surface area (Å²) in [7, 11) is 3.92. The first-order valence-electron chi connectivity index (χ1n) is 8.48. The van der Waals surface area contributed by atoms with Crippen LogP contribution >= 0.6 is 11.3 Å². The average Bonchev–Trinajstić information content (AvgIpc) is 3.25. The highest BCUT2D eigenvalue weighted by Crippen LogP contribution is 2.31. The summed E-state index contributed by atoms with van der Waals surface area (Å²) in [6.45, 7) is 0.433. The second kappa shape index (κ2) is 7.84. The second-order valence-electron chi connectivity index (χ2n) is 6.61. The van der Waals surface area contributed by atoms with Gasteiger partial charge in [0.25, 0.3) is 11.6 Å². The molecule has 2 N–H and O–H groups in total. The van der Waals surface area contributed by atoms with Crippen LogP contribution in [0, 0.1) is 10.1 Å². The highest BCUT2D eigenvalue weighted by atomic mass is 32.1. The number of hydrogen-bond donors (Lipinski definition) is 2. The van der Waals surface area contributed by atoms with Crippen LogP contribution in [0.25, 0.3) is 0 Å². The van der Waals surface area contributed by atoms with Crippen molar-refractivity contribution in [3.8, 4) is 0 Å². The monoisotopic (exact) mass is 374 g/mol. The van der Waals surface area contributed by atoms with Crippen molar-refractivity contribution in [2.24, 2.45) is 0 Å². The smallest absolute Gasteiger partial charge is 0.293 e. The maximum Gasteiger partial charge on any atom is 0.293 e. The van der Waals surface area contributed by atoms with E-state index in [1.54, 1.807) is 23.5 Å². The van der Waals surface area contributed by atoms with E-state index >= 15 is 0 Å². The molecule has 0 radical (unpaired) electrons. The molecule has 3 rings (SSSR count). The molecular formula is C18H22N4O3S. The molecule has 26 heavy (non-hydrogen) atoms. The number of likely N-dealkylation sites (N-methyl/N-ethyl adjacent to an activating group) is 1. The molecule has 138 valence electrons. The first kappa shape index (κ1) is 18.3. The Balaban J connectivity index is 1.70. The molecule has 0 saturated heterocycles. The maximum atomic E-state index is 12.5. The molecular weight excluding hydrogens is 352 g/mol. The van der Waals surface area contributed by atoms with Gasteiger partial charge in [-0.2, -0.15) is 0 Å². The summed E-state index contributed by atoms with van der Waals surface area (Å²) in [4.78, 5) is 26.6. The SMILES string of the molecule is CN(C)[C@H](CNC(=O)c1ccc(NC2CC2)c([N+](=O)[O-])c1)c1cccs1. The minimum Gasteiger partial charge on any atom is -0.377 e. The topological polar surface area (TPSA) is 87.5 Å². The molecule has 0 spiro atoms. The zero-order valence-corrected chi connectivity index (χ0v) is 15.6. The van der Waals surface area contributed by atoms with Crippen molar-refractivity contribution in [1.82, 2.24) is 10.2 Å². The molecule has 0 unspecified atom stereocenters. The fourth-order valence-electron chi connectivity index (χ4n) is 2.70. The number of rotatable bonds is 8. The summed E-state index contributed by atoms with van der Waals surface area (Å²) in [5, 5.41) is 19.4. The number of nitro benzene ring substituents is 1. The lowest BCUT2D eigenvalue weighted by atomic mass is 10.1. The number of carbonyl (C=O) groups excluding carboxylic acids is 1. The Kier molecular flexibility index (Phi) is 5.53. The summed E-state index contributed by atoms with van der Waals surface area (Å²) in [6, 6.07) is 8.97. The van der Waals surface area contributed by atoms with E-state index in [0.717, 1.165) is 17.7 Å². The van der Waals surface area contributed by atoms with Gasteiger partial charge in [-0.1, -0.05) is 6.07 Å². The van der Waals surface area contributed by atoms with Crippen LogP contribution in [0.4, 0.5) is 11.4 Å². The Morgan fingerprint density at radius 2 is 2.15 bits per heavy atom. The van der Waals surface area contributed by atoms with E-state index in [2.05, 4.69) is 10.6 Å². The molecule has 0 bridgehead atoms. The molecule has 1 aliphatic carbocycles. The molecule has 0 aliphatic heterocycles.